The number of carboxylic acid groups (broad SMARTS) is 1. The summed E-state index contributed by atoms with van der Waals surface area (Å²) in [6.45, 7) is 4.93. The predicted octanol–water partition coefficient (Wildman–Crippen LogP) is 11.0. The van der Waals surface area contributed by atoms with E-state index in [-0.39, 0.29) is 52.6 Å². The molecule has 0 fully saturated rings. The molecule has 0 spiro atoms. The Bertz CT molecular complexity index is 421. The van der Waals surface area contributed by atoms with E-state index in [0.717, 1.165) is 19.3 Å². The van der Waals surface area contributed by atoms with Crippen LogP contribution in [0.3, 0.4) is 0 Å². The number of aliphatic hydroxyl groups is 1. The maximum atomic E-state index is 10.3. The first-order chi connectivity index (χ1) is 19.2. The standard InChI is InChI=1S/C18H36O2.C18H38O.Mg.Na.3H/c1-2-3-4-5-6-7-8-9-10-11-12-13-14-15-16-17-18(19)20;1-2-3-4-5-6-7-8-9-10-11-12-13-14-15-16-17-18-19;;;;;/h2-17H2,1H3,(H,19,20);19H,2-18H2,1H3;;;;;. The van der Waals surface area contributed by atoms with Crippen molar-refractivity contribution >= 4 is 58.6 Å². The molecule has 5 heteroatoms. The molecular weight excluding hydrogens is 528 g/mol. The second-order valence-electron chi connectivity index (χ2n) is 12.1. The average molecular weight is 605 g/mol. The number of hydrogen-bond acceptors (Lipinski definition) is 2. The summed E-state index contributed by atoms with van der Waals surface area (Å²) < 4.78 is 0. The fraction of sp³-hybridized carbons (Fsp3) is 0.972. The van der Waals surface area contributed by atoms with E-state index in [1.165, 1.54) is 180 Å². The van der Waals surface area contributed by atoms with Gasteiger partial charge in [-0.1, -0.05) is 200 Å². The van der Waals surface area contributed by atoms with Gasteiger partial charge in [-0.25, -0.2) is 0 Å². The molecule has 41 heavy (non-hydrogen) atoms. The van der Waals surface area contributed by atoms with Crippen molar-refractivity contribution in [2.24, 2.45) is 0 Å². The van der Waals surface area contributed by atoms with Crippen molar-refractivity contribution in [3.05, 3.63) is 0 Å². The van der Waals surface area contributed by atoms with Gasteiger partial charge in [0.1, 0.15) is 0 Å². The van der Waals surface area contributed by atoms with Gasteiger partial charge in [0.2, 0.25) is 0 Å². The van der Waals surface area contributed by atoms with Crippen molar-refractivity contribution in [1.29, 1.82) is 0 Å². The van der Waals surface area contributed by atoms with E-state index in [0.29, 0.717) is 13.0 Å². The van der Waals surface area contributed by atoms with Gasteiger partial charge in [-0.3, -0.25) is 4.79 Å². The Morgan fingerprint density at radius 1 is 0.390 bits per heavy atom. The van der Waals surface area contributed by atoms with Gasteiger partial charge < -0.3 is 10.2 Å². The predicted molar refractivity (Wildman–Crippen MR) is 190 cm³/mol. The monoisotopic (exact) mass is 605 g/mol. The van der Waals surface area contributed by atoms with E-state index in [1.807, 2.05) is 0 Å². The van der Waals surface area contributed by atoms with Crippen LogP contribution in [0.5, 0.6) is 0 Å². The van der Waals surface area contributed by atoms with Crippen LogP contribution in [0.2, 0.25) is 0 Å². The fourth-order valence-corrected chi connectivity index (χ4v) is 5.31. The summed E-state index contributed by atoms with van der Waals surface area (Å²) in [6.07, 6.45) is 42.4. The van der Waals surface area contributed by atoms with Crippen molar-refractivity contribution in [1.82, 2.24) is 0 Å². The number of unbranched alkanes of at least 4 members (excludes halogenated alkanes) is 29. The van der Waals surface area contributed by atoms with Gasteiger partial charge in [0, 0.05) is 13.0 Å². The van der Waals surface area contributed by atoms with E-state index in [4.69, 9.17) is 10.2 Å². The van der Waals surface area contributed by atoms with Crippen LogP contribution in [0, 0.1) is 0 Å². The molecule has 0 aromatic heterocycles. The molecule has 2 N–H and O–H groups in total. The van der Waals surface area contributed by atoms with Crippen LogP contribution in [0.25, 0.3) is 0 Å². The van der Waals surface area contributed by atoms with E-state index in [2.05, 4.69) is 13.8 Å². The number of carboxylic acids is 1. The number of hydrogen-bond donors (Lipinski definition) is 2. The molecule has 0 heterocycles. The molecule has 0 aromatic carbocycles. The van der Waals surface area contributed by atoms with Crippen molar-refractivity contribution in [2.45, 2.75) is 219 Å². The Balaban J connectivity index is -0.000000319. The summed E-state index contributed by atoms with van der Waals surface area (Å²) in [5, 5.41) is 17.2. The molecular formula is C36H77MgNaO3. The Kier molecular flexibility index (Phi) is 57.6. The Labute approximate surface area is 297 Å². The average Bonchev–Trinajstić information content (AvgIpc) is 2.93. The number of aliphatic carboxylic acids is 1. The van der Waals surface area contributed by atoms with Crippen LogP contribution >= 0.6 is 0 Å². The molecule has 0 saturated carbocycles. The van der Waals surface area contributed by atoms with Gasteiger partial charge in [-0.15, -0.1) is 0 Å². The van der Waals surface area contributed by atoms with Crippen LogP contribution in [-0.2, 0) is 4.79 Å². The molecule has 0 rings (SSSR count). The molecule has 0 unspecified atom stereocenters. The van der Waals surface area contributed by atoms with Crippen LogP contribution < -0.4 is 0 Å². The second-order valence-corrected chi connectivity index (χ2v) is 12.1. The molecule has 0 radical (unpaired) electrons. The van der Waals surface area contributed by atoms with E-state index < -0.39 is 5.97 Å². The van der Waals surface area contributed by atoms with Crippen molar-refractivity contribution in [3.8, 4) is 0 Å². The third-order valence-corrected chi connectivity index (χ3v) is 8.01. The van der Waals surface area contributed by atoms with Gasteiger partial charge in [-0.2, -0.15) is 0 Å². The van der Waals surface area contributed by atoms with Crippen LogP contribution in [-0.4, -0.2) is 75.4 Å². The fourth-order valence-electron chi connectivity index (χ4n) is 5.31. The van der Waals surface area contributed by atoms with Crippen molar-refractivity contribution < 1.29 is 15.0 Å². The van der Waals surface area contributed by atoms with E-state index >= 15 is 0 Å². The summed E-state index contributed by atoms with van der Waals surface area (Å²) in [4.78, 5) is 10.3. The summed E-state index contributed by atoms with van der Waals surface area (Å²) >= 11 is 0. The number of carbonyl (C=O) groups is 1. The van der Waals surface area contributed by atoms with Crippen LogP contribution in [0.1, 0.15) is 219 Å². The quantitative estimate of drug-likeness (QED) is 0.0593. The number of rotatable bonds is 32. The first kappa shape index (κ1) is 49.1. The van der Waals surface area contributed by atoms with Crippen molar-refractivity contribution in [3.63, 3.8) is 0 Å². The van der Waals surface area contributed by atoms with E-state index in [9.17, 15) is 4.79 Å². The molecule has 0 saturated heterocycles. The van der Waals surface area contributed by atoms with Crippen LogP contribution in [0.4, 0.5) is 0 Å². The minimum absolute atomic E-state index is 0. The molecule has 3 nitrogen and oxygen atoms in total. The summed E-state index contributed by atoms with van der Waals surface area (Å²) in [7, 11) is 0. The summed E-state index contributed by atoms with van der Waals surface area (Å²) in [5.41, 5.74) is 0. The van der Waals surface area contributed by atoms with Gasteiger partial charge in [0.15, 0.2) is 0 Å². The molecule has 0 amide bonds. The molecule has 0 aliphatic heterocycles. The van der Waals surface area contributed by atoms with Gasteiger partial charge in [0.05, 0.1) is 0 Å². The molecule has 0 aliphatic rings. The third-order valence-electron chi connectivity index (χ3n) is 8.01. The van der Waals surface area contributed by atoms with Gasteiger partial charge in [0.25, 0.3) is 0 Å². The zero-order valence-electron chi connectivity index (χ0n) is 27.1. The summed E-state index contributed by atoms with van der Waals surface area (Å²) in [6, 6.07) is 0. The molecule has 0 aliphatic carbocycles. The molecule has 0 bridgehead atoms. The zero-order chi connectivity index (χ0) is 28.9. The molecule has 242 valence electrons. The Hall–Kier alpha value is 1.20. The summed E-state index contributed by atoms with van der Waals surface area (Å²) in [5.74, 6) is -0.653. The normalized spacial score (nSPS) is 10.4. The van der Waals surface area contributed by atoms with Gasteiger partial charge in [-0.05, 0) is 12.8 Å². The second kappa shape index (κ2) is 48.1. The Morgan fingerprint density at radius 3 is 0.780 bits per heavy atom. The zero-order valence-corrected chi connectivity index (χ0v) is 27.1. The first-order valence-electron chi connectivity index (χ1n) is 18.0. The van der Waals surface area contributed by atoms with Crippen molar-refractivity contribution in [2.75, 3.05) is 6.61 Å². The maximum absolute atomic E-state index is 10.3. The van der Waals surface area contributed by atoms with Crippen LogP contribution in [0.15, 0.2) is 0 Å². The Morgan fingerprint density at radius 2 is 0.585 bits per heavy atom. The molecule has 0 atom stereocenters. The minimum atomic E-state index is -0.653. The third kappa shape index (κ3) is 54.1. The first-order valence-corrected chi connectivity index (χ1v) is 18.0. The number of aliphatic hydroxyl groups excluding tert-OH is 1. The molecule has 0 aromatic rings. The topological polar surface area (TPSA) is 57.5 Å². The van der Waals surface area contributed by atoms with E-state index in [1.54, 1.807) is 0 Å². The SMILES string of the molecule is CCCCCCCCCCCCCCCCCC(=O)O.CCCCCCCCCCCCCCCCCCO.[MgH2].[NaH]. The van der Waals surface area contributed by atoms with Gasteiger partial charge >= 0.3 is 58.6 Å².